The van der Waals surface area contributed by atoms with Gasteiger partial charge in [0.2, 0.25) is 0 Å². The zero-order chi connectivity index (χ0) is 17.4. The van der Waals surface area contributed by atoms with Gasteiger partial charge in [-0.2, -0.15) is 0 Å². The number of ether oxygens (including phenoxy) is 1. The minimum atomic E-state index is 0.0178. The van der Waals surface area contributed by atoms with Crippen LogP contribution in [0.15, 0.2) is 54.7 Å². The number of rotatable bonds is 3. The Labute approximate surface area is 146 Å². The first kappa shape index (κ1) is 15.5. The third-order valence-corrected chi connectivity index (χ3v) is 4.74. The van der Waals surface area contributed by atoms with Gasteiger partial charge in [0, 0.05) is 36.3 Å². The molecule has 4 rings (SSSR count). The standard InChI is InChI=1S/C21H20N2O2/c1-23-12-11-17-16-5-3-4-6-19(16)22-20(17)18(13-23)21(24)14-7-9-15(25-2)10-8-14/h3-10,13,22H,11-12H2,1-2H3. The Kier molecular flexibility index (Phi) is 3.80. The minimum Gasteiger partial charge on any atom is -0.497 e. The molecule has 1 aromatic heterocycles. The summed E-state index contributed by atoms with van der Waals surface area (Å²) >= 11 is 0. The molecule has 0 bridgehead atoms. The Bertz CT molecular complexity index is 967. The number of methoxy groups -OCH3 is 1. The largest absolute Gasteiger partial charge is 0.497 e. The van der Waals surface area contributed by atoms with Crippen LogP contribution in [0.25, 0.3) is 16.5 Å². The normalized spacial score (nSPS) is 14.0. The lowest BCUT2D eigenvalue weighted by Gasteiger charge is -2.12. The second kappa shape index (κ2) is 6.13. The first-order valence-electron chi connectivity index (χ1n) is 8.38. The Balaban J connectivity index is 1.83. The first-order chi connectivity index (χ1) is 12.2. The van der Waals surface area contributed by atoms with Gasteiger partial charge in [0.25, 0.3) is 0 Å². The fourth-order valence-corrected chi connectivity index (χ4v) is 3.40. The van der Waals surface area contributed by atoms with Crippen molar-refractivity contribution in [3.8, 4) is 5.75 Å². The quantitative estimate of drug-likeness (QED) is 0.740. The van der Waals surface area contributed by atoms with Crippen LogP contribution in [0, 0.1) is 0 Å². The van der Waals surface area contributed by atoms with Crippen LogP contribution in [0.2, 0.25) is 0 Å². The van der Waals surface area contributed by atoms with Crippen LogP contribution in [0.4, 0.5) is 0 Å². The fourth-order valence-electron chi connectivity index (χ4n) is 3.40. The number of ketones is 1. The molecule has 0 fully saturated rings. The smallest absolute Gasteiger partial charge is 0.196 e. The zero-order valence-electron chi connectivity index (χ0n) is 14.4. The number of Topliss-reactive ketones (excluding diaryl/α,β-unsaturated/α-hetero) is 1. The van der Waals surface area contributed by atoms with Crippen molar-refractivity contribution in [1.82, 2.24) is 9.88 Å². The van der Waals surface area contributed by atoms with Crippen molar-refractivity contribution in [3.05, 3.63) is 71.6 Å². The van der Waals surface area contributed by atoms with E-state index in [1.807, 2.05) is 49.6 Å². The second-order valence-corrected chi connectivity index (χ2v) is 6.36. The summed E-state index contributed by atoms with van der Waals surface area (Å²) in [6, 6.07) is 15.5. The van der Waals surface area contributed by atoms with Gasteiger partial charge in [-0.1, -0.05) is 18.2 Å². The monoisotopic (exact) mass is 332 g/mol. The number of fused-ring (bicyclic) bond motifs is 3. The SMILES string of the molecule is COc1ccc(C(=O)C2=CN(C)CCc3c2[nH]c2ccccc32)cc1. The number of H-pyrrole nitrogens is 1. The summed E-state index contributed by atoms with van der Waals surface area (Å²) in [6.45, 7) is 0.883. The number of nitrogens with one attached hydrogen (secondary N) is 1. The van der Waals surface area contributed by atoms with Crippen LogP contribution in [-0.2, 0) is 6.42 Å². The highest BCUT2D eigenvalue weighted by Gasteiger charge is 2.24. The molecule has 0 spiro atoms. The molecular formula is C21H20N2O2. The molecule has 1 aliphatic heterocycles. The van der Waals surface area contributed by atoms with Crippen molar-refractivity contribution < 1.29 is 9.53 Å². The molecule has 0 unspecified atom stereocenters. The number of aromatic amines is 1. The van der Waals surface area contributed by atoms with Crippen molar-refractivity contribution >= 4 is 22.3 Å². The lowest BCUT2D eigenvalue weighted by molar-refractivity contribution is 0.105. The number of hydrogen-bond donors (Lipinski definition) is 1. The molecule has 0 radical (unpaired) electrons. The highest BCUT2D eigenvalue weighted by Crippen LogP contribution is 2.32. The highest BCUT2D eigenvalue weighted by molar-refractivity contribution is 6.29. The van der Waals surface area contributed by atoms with E-state index >= 15 is 0 Å². The van der Waals surface area contributed by atoms with Gasteiger partial charge in [0.1, 0.15) is 5.75 Å². The van der Waals surface area contributed by atoms with Crippen LogP contribution >= 0.6 is 0 Å². The van der Waals surface area contributed by atoms with Crippen LogP contribution in [0.3, 0.4) is 0 Å². The molecule has 1 N–H and O–H groups in total. The molecule has 0 saturated heterocycles. The summed E-state index contributed by atoms with van der Waals surface area (Å²) in [5.74, 6) is 0.763. The number of aromatic nitrogens is 1. The second-order valence-electron chi connectivity index (χ2n) is 6.36. The first-order valence-corrected chi connectivity index (χ1v) is 8.38. The fraction of sp³-hybridized carbons (Fsp3) is 0.190. The number of nitrogens with zero attached hydrogens (tertiary/aromatic N) is 1. The molecule has 25 heavy (non-hydrogen) atoms. The van der Waals surface area contributed by atoms with E-state index in [1.165, 1.54) is 10.9 Å². The lowest BCUT2D eigenvalue weighted by atomic mass is 9.98. The molecule has 4 heteroatoms. The summed E-state index contributed by atoms with van der Waals surface area (Å²) in [4.78, 5) is 18.7. The summed E-state index contributed by atoms with van der Waals surface area (Å²) in [5, 5.41) is 1.20. The number of likely N-dealkylation sites (N-methyl/N-ethyl adjacent to an activating group) is 1. The predicted molar refractivity (Wildman–Crippen MR) is 99.9 cm³/mol. The Morgan fingerprint density at radius 1 is 1.12 bits per heavy atom. The van der Waals surface area contributed by atoms with Crippen LogP contribution < -0.4 is 4.74 Å². The molecule has 0 aliphatic carbocycles. The van der Waals surface area contributed by atoms with Gasteiger partial charge in [-0.25, -0.2) is 0 Å². The van der Waals surface area contributed by atoms with Crippen molar-refractivity contribution in [2.24, 2.45) is 0 Å². The molecular weight excluding hydrogens is 312 g/mol. The Morgan fingerprint density at radius 3 is 2.64 bits per heavy atom. The van der Waals surface area contributed by atoms with Gasteiger partial charge in [-0.05, 0) is 42.3 Å². The van der Waals surface area contributed by atoms with Crippen molar-refractivity contribution in [1.29, 1.82) is 0 Å². The third-order valence-electron chi connectivity index (χ3n) is 4.74. The average Bonchev–Trinajstić information content (AvgIpc) is 2.94. The average molecular weight is 332 g/mol. The summed E-state index contributed by atoms with van der Waals surface area (Å²) in [5.41, 5.74) is 4.59. The molecule has 0 atom stereocenters. The maximum Gasteiger partial charge on any atom is 0.196 e. The van der Waals surface area contributed by atoms with Gasteiger partial charge in [-0.15, -0.1) is 0 Å². The van der Waals surface area contributed by atoms with Gasteiger partial charge >= 0.3 is 0 Å². The van der Waals surface area contributed by atoms with E-state index in [4.69, 9.17) is 4.74 Å². The van der Waals surface area contributed by atoms with E-state index in [0.717, 1.165) is 29.9 Å². The van der Waals surface area contributed by atoms with Crippen molar-refractivity contribution in [2.75, 3.05) is 20.7 Å². The van der Waals surface area contributed by atoms with Crippen LogP contribution in [0.1, 0.15) is 21.6 Å². The number of carbonyl (C=O) groups is 1. The summed E-state index contributed by atoms with van der Waals surface area (Å²) in [6.07, 6.45) is 2.86. The molecule has 2 heterocycles. The van der Waals surface area contributed by atoms with E-state index in [9.17, 15) is 4.79 Å². The van der Waals surface area contributed by atoms with Crippen molar-refractivity contribution in [2.45, 2.75) is 6.42 Å². The zero-order valence-corrected chi connectivity index (χ0v) is 14.4. The van der Waals surface area contributed by atoms with Crippen molar-refractivity contribution in [3.63, 3.8) is 0 Å². The predicted octanol–water partition coefficient (Wildman–Crippen LogP) is 3.89. The maximum atomic E-state index is 13.2. The molecule has 0 saturated carbocycles. The Hall–Kier alpha value is -3.01. The summed E-state index contributed by atoms with van der Waals surface area (Å²) in [7, 11) is 3.63. The molecule has 3 aromatic rings. The summed E-state index contributed by atoms with van der Waals surface area (Å²) < 4.78 is 5.19. The topological polar surface area (TPSA) is 45.3 Å². The number of hydrogen-bond acceptors (Lipinski definition) is 3. The number of carbonyl (C=O) groups excluding carboxylic acids is 1. The van der Waals surface area contributed by atoms with Gasteiger partial charge in [0.05, 0.1) is 18.4 Å². The minimum absolute atomic E-state index is 0.0178. The number of benzene rings is 2. The molecule has 126 valence electrons. The molecule has 2 aromatic carbocycles. The molecule has 4 nitrogen and oxygen atoms in total. The number of para-hydroxylation sites is 1. The maximum absolute atomic E-state index is 13.2. The van der Waals surface area contributed by atoms with Crippen LogP contribution in [0.5, 0.6) is 5.75 Å². The third kappa shape index (κ3) is 2.70. The van der Waals surface area contributed by atoms with Gasteiger partial charge in [-0.3, -0.25) is 4.79 Å². The lowest BCUT2D eigenvalue weighted by Crippen LogP contribution is -2.14. The molecule has 0 amide bonds. The van der Waals surface area contributed by atoms with Gasteiger partial charge in [0.15, 0.2) is 5.78 Å². The molecule has 1 aliphatic rings. The van der Waals surface area contributed by atoms with Crippen LogP contribution in [-0.4, -0.2) is 36.4 Å². The van der Waals surface area contributed by atoms with E-state index in [2.05, 4.69) is 22.0 Å². The van der Waals surface area contributed by atoms with E-state index in [1.54, 1.807) is 7.11 Å². The Morgan fingerprint density at radius 2 is 1.88 bits per heavy atom. The number of allylic oxidation sites excluding steroid dienone is 1. The van der Waals surface area contributed by atoms with Gasteiger partial charge < -0.3 is 14.6 Å². The van der Waals surface area contributed by atoms with E-state index in [-0.39, 0.29) is 5.78 Å². The van der Waals surface area contributed by atoms with E-state index < -0.39 is 0 Å². The highest BCUT2D eigenvalue weighted by atomic mass is 16.5. The van der Waals surface area contributed by atoms with E-state index in [0.29, 0.717) is 11.1 Å².